The zero-order chi connectivity index (χ0) is 13.9. The van der Waals surface area contributed by atoms with E-state index >= 15 is 0 Å². The molecule has 1 fully saturated rings. The highest BCUT2D eigenvalue weighted by molar-refractivity contribution is 5.73. The molecule has 0 saturated carbocycles. The lowest BCUT2D eigenvalue weighted by Crippen LogP contribution is -2.48. The molecular formula is C14H16N4O2. The van der Waals surface area contributed by atoms with Crippen molar-refractivity contribution in [3.63, 3.8) is 0 Å². The molecule has 0 spiro atoms. The molecule has 0 aliphatic carbocycles. The molecule has 2 aromatic heterocycles. The minimum atomic E-state index is 0.131. The van der Waals surface area contributed by atoms with Gasteiger partial charge < -0.3 is 14.2 Å². The second kappa shape index (κ2) is 5.32. The van der Waals surface area contributed by atoms with E-state index < -0.39 is 0 Å². The van der Waals surface area contributed by atoms with Crippen LogP contribution in [0.25, 0.3) is 11.3 Å². The molecule has 1 saturated heterocycles. The Morgan fingerprint density at radius 2 is 2.05 bits per heavy atom. The van der Waals surface area contributed by atoms with E-state index in [-0.39, 0.29) is 5.91 Å². The van der Waals surface area contributed by atoms with E-state index in [4.69, 9.17) is 4.42 Å². The minimum absolute atomic E-state index is 0.131. The van der Waals surface area contributed by atoms with Crippen LogP contribution in [0.15, 0.2) is 35.4 Å². The summed E-state index contributed by atoms with van der Waals surface area (Å²) in [6.45, 7) is 4.67. The fraction of sp³-hybridized carbons (Fsp3) is 0.357. The molecule has 3 rings (SSSR count). The number of hydrogen-bond acceptors (Lipinski definition) is 5. The third-order valence-corrected chi connectivity index (χ3v) is 3.52. The maximum atomic E-state index is 11.3. The first-order chi connectivity index (χ1) is 9.74. The second-order valence-corrected chi connectivity index (χ2v) is 4.77. The molecule has 3 heterocycles. The molecule has 20 heavy (non-hydrogen) atoms. The average molecular weight is 272 g/mol. The first kappa shape index (κ1) is 12.7. The van der Waals surface area contributed by atoms with Crippen molar-refractivity contribution in [1.82, 2.24) is 14.9 Å². The van der Waals surface area contributed by atoms with Crippen molar-refractivity contribution in [2.45, 2.75) is 6.92 Å². The molecule has 6 nitrogen and oxygen atoms in total. The normalized spacial score (nSPS) is 15.4. The van der Waals surface area contributed by atoms with Crippen molar-refractivity contribution in [2.24, 2.45) is 0 Å². The monoisotopic (exact) mass is 272 g/mol. The standard InChI is InChI=1S/C14H16N4O2/c1-11(19)17-3-5-18(6-4-17)14-8-13(15-10-16-14)12-2-7-20-9-12/h2,7-10H,3-6H2,1H3. The Bertz CT molecular complexity index is 589. The van der Waals surface area contributed by atoms with Crippen LogP contribution in [-0.4, -0.2) is 47.0 Å². The largest absolute Gasteiger partial charge is 0.472 e. The summed E-state index contributed by atoms with van der Waals surface area (Å²) < 4.78 is 5.08. The number of piperazine rings is 1. The van der Waals surface area contributed by atoms with Gasteiger partial charge in [-0.05, 0) is 6.07 Å². The molecule has 0 N–H and O–H groups in total. The molecule has 0 radical (unpaired) electrons. The third kappa shape index (κ3) is 2.49. The summed E-state index contributed by atoms with van der Waals surface area (Å²) in [7, 11) is 0. The summed E-state index contributed by atoms with van der Waals surface area (Å²) in [6.07, 6.45) is 4.86. The van der Waals surface area contributed by atoms with E-state index in [0.717, 1.165) is 43.3 Å². The molecule has 2 aromatic rings. The van der Waals surface area contributed by atoms with E-state index in [1.54, 1.807) is 25.8 Å². The van der Waals surface area contributed by atoms with Gasteiger partial charge in [-0.2, -0.15) is 0 Å². The van der Waals surface area contributed by atoms with E-state index in [2.05, 4.69) is 14.9 Å². The Morgan fingerprint density at radius 3 is 2.70 bits per heavy atom. The Kier molecular flexibility index (Phi) is 3.37. The number of nitrogens with zero attached hydrogens (tertiary/aromatic N) is 4. The molecule has 0 unspecified atom stereocenters. The SMILES string of the molecule is CC(=O)N1CCN(c2cc(-c3ccoc3)ncn2)CC1. The smallest absolute Gasteiger partial charge is 0.219 e. The second-order valence-electron chi connectivity index (χ2n) is 4.77. The van der Waals surface area contributed by atoms with Crippen molar-refractivity contribution in [1.29, 1.82) is 0 Å². The summed E-state index contributed by atoms with van der Waals surface area (Å²) in [4.78, 5) is 23.9. The molecule has 0 bridgehead atoms. The van der Waals surface area contributed by atoms with Gasteiger partial charge in [0.25, 0.3) is 0 Å². The van der Waals surface area contributed by atoms with Crippen LogP contribution in [0.5, 0.6) is 0 Å². The first-order valence-corrected chi connectivity index (χ1v) is 6.59. The molecule has 1 aliphatic heterocycles. The van der Waals surface area contributed by atoms with Gasteiger partial charge in [-0.15, -0.1) is 0 Å². The highest BCUT2D eigenvalue weighted by atomic mass is 16.3. The third-order valence-electron chi connectivity index (χ3n) is 3.52. The van der Waals surface area contributed by atoms with Crippen LogP contribution in [0.2, 0.25) is 0 Å². The highest BCUT2D eigenvalue weighted by Crippen LogP contribution is 2.21. The molecule has 1 amide bonds. The molecular weight excluding hydrogens is 256 g/mol. The van der Waals surface area contributed by atoms with E-state index in [9.17, 15) is 4.79 Å². The van der Waals surface area contributed by atoms with Gasteiger partial charge in [0.05, 0.1) is 18.2 Å². The number of amides is 1. The Labute approximate surface area is 117 Å². The van der Waals surface area contributed by atoms with Gasteiger partial charge in [0.1, 0.15) is 12.1 Å². The summed E-state index contributed by atoms with van der Waals surface area (Å²) in [5, 5.41) is 0. The van der Waals surface area contributed by atoms with Gasteiger partial charge in [-0.1, -0.05) is 0 Å². The number of furan rings is 1. The van der Waals surface area contributed by atoms with E-state index in [1.807, 2.05) is 17.0 Å². The van der Waals surface area contributed by atoms with Crippen molar-refractivity contribution < 1.29 is 9.21 Å². The van der Waals surface area contributed by atoms with Crippen molar-refractivity contribution in [2.75, 3.05) is 31.1 Å². The van der Waals surface area contributed by atoms with Crippen LogP contribution >= 0.6 is 0 Å². The van der Waals surface area contributed by atoms with Gasteiger partial charge in [0, 0.05) is 44.7 Å². The zero-order valence-electron chi connectivity index (χ0n) is 11.3. The number of hydrogen-bond donors (Lipinski definition) is 0. The quantitative estimate of drug-likeness (QED) is 0.827. The summed E-state index contributed by atoms with van der Waals surface area (Å²) in [6, 6.07) is 3.83. The minimum Gasteiger partial charge on any atom is -0.472 e. The maximum Gasteiger partial charge on any atom is 0.219 e. The lowest BCUT2D eigenvalue weighted by molar-refractivity contribution is -0.129. The lowest BCUT2D eigenvalue weighted by atomic mass is 10.2. The molecule has 0 aromatic carbocycles. The van der Waals surface area contributed by atoms with Gasteiger partial charge in [-0.3, -0.25) is 4.79 Å². The number of anilines is 1. The molecule has 1 aliphatic rings. The van der Waals surface area contributed by atoms with E-state index in [0.29, 0.717) is 0 Å². The number of rotatable bonds is 2. The van der Waals surface area contributed by atoms with Crippen LogP contribution in [0.3, 0.4) is 0 Å². The van der Waals surface area contributed by atoms with E-state index in [1.165, 1.54) is 0 Å². The number of carbonyl (C=O) groups excluding carboxylic acids is 1. The van der Waals surface area contributed by atoms with Crippen molar-refractivity contribution in [3.8, 4) is 11.3 Å². The number of aromatic nitrogens is 2. The van der Waals surface area contributed by atoms with Gasteiger partial charge in [0.15, 0.2) is 0 Å². The highest BCUT2D eigenvalue weighted by Gasteiger charge is 2.19. The summed E-state index contributed by atoms with van der Waals surface area (Å²) in [5.41, 5.74) is 1.79. The Hall–Kier alpha value is -2.37. The van der Waals surface area contributed by atoms with Crippen LogP contribution < -0.4 is 4.90 Å². The predicted octanol–water partition coefficient (Wildman–Crippen LogP) is 1.41. The summed E-state index contributed by atoms with van der Waals surface area (Å²) in [5.74, 6) is 1.02. The average Bonchev–Trinajstić information content (AvgIpc) is 3.02. The molecule has 6 heteroatoms. The molecule has 0 atom stereocenters. The van der Waals surface area contributed by atoms with Gasteiger partial charge >= 0.3 is 0 Å². The van der Waals surface area contributed by atoms with Crippen molar-refractivity contribution >= 4 is 11.7 Å². The number of carbonyl (C=O) groups is 1. The fourth-order valence-corrected chi connectivity index (χ4v) is 2.34. The summed E-state index contributed by atoms with van der Waals surface area (Å²) >= 11 is 0. The topological polar surface area (TPSA) is 62.5 Å². The first-order valence-electron chi connectivity index (χ1n) is 6.59. The predicted molar refractivity (Wildman–Crippen MR) is 74.2 cm³/mol. The van der Waals surface area contributed by atoms with Crippen molar-refractivity contribution in [3.05, 3.63) is 31.0 Å². The van der Waals surface area contributed by atoms with Gasteiger partial charge in [-0.25, -0.2) is 9.97 Å². The zero-order valence-corrected chi connectivity index (χ0v) is 11.3. The van der Waals surface area contributed by atoms with Crippen LogP contribution in [-0.2, 0) is 4.79 Å². The van der Waals surface area contributed by atoms with Crippen LogP contribution in [0.4, 0.5) is 5.82 Å². The van der Waals surface area contributed by atoms with Crippen LogP contribution in [0.1, 0.15) is 6.92 Å². The fourth-order valence-electron chi connectivity index (χ4n) is 2.34. The lowest BCUT2D eigenvalue weighted by Gasteiger charge is -2.34. The Balaban J connectivity index is 1.75. The van der Waals surface area contributed by atoms with Crippen LogP contribution in [0, 0.1) is 0 Å². The maximum absolute atomic E-state index is 11.3. The Morgan fingerprint density at radius 1 is 1.25 bits per heavy atom. The molecule has 104 valence electrons. The van der Waals surface area contributed by atoms with Gasteiger partial charge in [0.2, 0.25) is 5.91 Å².